The first-order valence-electron chi connectivity index (χ1n) is 3.25. The molecule has 4 heteroatoms. The van der Waals surface area contributed by atoms with Crippen molar-refractivity contribution in [3.8, 4) is 0 Å². The van der Waals surface area contributed by atoms with Gasteiger partial charge in [-0.2, -0.15) is 0 Å². The molecule has 0 aliphatic rings. The van der Waals surface area contributed by atoms with Gasteiger partial charge in [0.15, 0.2) is 0 Å². The second-order valence-electron chi connectivity index (χ2n) is 2.25. The molecule has 0 unspecified atom stereocenters. The second-order valence-corrected chi connectivity index (χ2v) is 3.14. The molecule has 0 saturated carbocycles. The summed E-state index contributed by atoms with van der Waals surface area (Å²) in [4.78, 5) is 14.5. The van der Waals surface area contributed by atoms with Crippen LogP contribution in [0.2, 0.25) is 0 Å². The van der Waals surface area contributed by atoms with E-state index in [-0.39, 0.29) is 5.56 Å². The molecule has 0 saturated heterocycles. The summed E-state index contributed by atoms with van der Waals surface area (Å²) < 4.78 is 0.881. The van der Waals surface area contributed by atoms with Crippen molar-refractivity contribution in [3.63, 3.8) is 0 Å². The number of carboxylic acids is 1. The van der Waals surface area contributed by atoms with E-state index in [1.807, 2.05) is 0 Å². The van der Waals surface area contributed by atoms with Crippen LogP contribution in [-0.2, 0) is 0 Å². The Bertz CT molecular complexity index is 435. The largest absolute Gasteiger partial charge is 0.478 e. The van der Waals surface area contributed by atoms with Crippen LogP contribution in [0, 0.1) is 6.07 Å². The summed E-state index contributed by atoms with van der Waals surface area (Å²) in [5.41, 5.74) is 2.67. The standard InChI is InChI=1S/C8H4NO2S/c10-8(11)5-1-2-6-7(3-5)12-4-9-6/h2-4H,(H,10,11). The highest BCUT2D eigenvalue weighted by Crippen LogP contribution is 2.18. The van der Waals surface area contributed by atoms with Crippen molar-refractivity contribution in [1.82, 2.24) is 4.98 Å². The summed E-state index contributed by atoms with van der Waals surface area (Å²) in [7, 11) is 0. The average Bonchev–Trinajstić information content (AvgIpc) is 2.49. The minimum atomic E-state index is -0.953. The van der Waals surface area contributed by atoms with Gasteiger partial charge in [0.2, 0.25) is 0 Å². The molecule has 1 heterocycles. The van der Waals surface area contributed by atoms with E-state index in [1.165, 1.54) is 11.3 Å². The molecule has 0 bridgehead atoms. The van der Waals surface area contributed by atoms with Crippen molar-refractivity contribution < 1.29 is 9.90 Å². The van der Waals surface area contributed by atoms with E-state index in [1.54, 1.807) is 17.6 Å². The predicted octanol–water partition coefficient (Wildman–Crippen LogP) is 1.79. The third-order valence-electron chi connectivity index (χ3n) is 1.49. The minimum absolute atomic E-state index is 0.187. The lowest BCUT2D eigenvalue weighted by Gasteiger charge is -1.91. The van der Waals surface area contributed by atoms with Gasteiger partial charge in [0.25, 0.3) is 0 Å². The Morgan fingerprint density at radius 3 is 3.25 bits per heavy atom. The summed E-state index contributed by atoms with van der Waals surface area (Å²) in [6.45, 7) is 0. The fourth-order valence-corrected chi connectivity index (χ4v) is 1.62. The number of benzene rings is 1. The van der Waals surface area contributed by atoms with E-state index >= 15 is 0 Å². The van der Waals surface area contributed by atoms with Crippen LogP contribution in [0.3, 0.4) is 0 Å². The maximum absolute atomic E-state index is 10.5. The molecule has 1 aromatic heterocycles. The predicted molar refractivity (Wildman–Crippen MR) is 45.4 cm³/mol. The van der Waals surface area contributed by atoms with Gasteiger partial charge in [-0.15, -0.1) is 11.3 Å². The number of carboxylic acid groups (broad SMARTS) is 1. The second kappa shape index (κ2) is 2.57. The highest BCUT2D eigenvalue weighted by atomic mass is 32.1. The van der Waals surface area contributed by atoms with Crippen molar-refractivity contribution in [2.75, 3.05) is 0 Å². The molecule has 0 aliphatic carbocycles. The van der Waals surface area contributed by atoms with E-state index < -0.39 is 5.97 Å². The first-order valence-corrected chi connectivity index (χ1v) is 4.13. The van der Waals surface area contributed by atoms with Gasteiger partial charge < -0.3 is 5.11 Å². The van der Waals surface area contributed by atoms with Crippen molar-refractivity contribution in [2.24, 2.45) is 0 Å². The zero-order valence-electron chi connectivity index (χ0n) is 5.94. The third-order valence-corrected chi connectivity index (χ3v) is 2.29. The molecule has 1 N–H and O–H groups in total. The Hall–Kier alpha value is -1.42. The molecule has 0 aliphatic heterocycles. The molecule has 0 atom stereocenters. The number of fused-ring (bicyclic) bond motifs is 1. The number of thiazole rings is 1. The van der Waals surface area contributed by atoms with E-state index in [9.17, 15) is 4.79 Å². The third kappa shape index (κ3) is 1.06. The van der Waals surface area contributed by atoms with Crippen LogP contribution < -0.4 is 0 Å². The van der Waals surface area contributed by atoms with Crippen LogP contribution in [-0.4, -0.2) is 16.1 Å². The summed E-state index contributed by atoms with van der Waals surface area (Å²) in [6, 6.07) is 5.81. The molecule has 1 aromatic carbocycles. The lowest BCUT2D eigenvalue weighted by Crippen LogP contribution is -1.94. The molecule has 1 radical (unpaired) electrons. The number of carbonyl (C=O) groups is 1. The number of aromatic nitrogens is 1. The summed E-state index contributed by atoms with van der Waals surface area (Å²) in [5.74, 6) is -0.953. The zero-order chi connectivity index (χ0) is 8.55. The molecule has 0 spiro atoms. The first kappa shape index (κ1) is 7.24. The van der Waals surface area contributed by atoms with Crippen molar-refractivity contribution in [2.45, 2.75) is 0 Å². The molecule has 3 nitrogen and oxygen atoms in total. The molecule has 0 amide bonds. The Balaban J connectivity index is 2.68. The van der Waals surface area contributed by atoms with Gasteiger partial charge in [-0.25, -0.2) is 9.78 Å². The van der Waals surface area contributed by atoms with Crippen LogP contribution in [0.1, 0.15) is 10.4 Å². The van der Waals surface area contributed by atoms with Crippen LogP contribution in [0.5, 0.6) is 0 Å². The number of hydrogen-bond acceptors (Lipinski definition) is 3. The number of rotatable bonds is 1. The molecular formula is C8H4NO2S. The normalized spacial score (nSPS) is 10.3. The topological polar surface area (TPSA) is 50.2 Å². The lowest BCUT2D eigenvalue weighted by molar-refractivity contribution is 0.0696. The summed E-state index contributed by atoms with van der Waals surface area (Å²) in [5, 5.41) is 8.63. The van der Waals surface area contributed by atoms with Gasteiger partial charge in [0, 0.05) is 0 Å². The fourth-order valence-electron chi connectivity index (χ4n) is 0.923. The summed E-state index contributed by atoms with van der Waals surface area (Å²) in [6.07, 6.45) is 0. The quantitative estimate of drug-likeness (QED) is 0.724. The van der Waals surface area contributed by atoms with E-state index in [2.05, 4.69) is 11.1 Å². The van der Waals surface area contributed by atoms with Crippen molar-refractivity contribution >= 4 is 27.5 Å². The average molecular weight is 178 g/mol. The van der Waals surface area contributed by atoms with Crippen LogP contribution in [0.4, 0.5) is 0 Å². The SMILES string of the molecule is O=C(O)c1[c]cc2ncsc2c1. The van der Waals surface area contributed by atoms with Crippen LogP contribution in [0.15, 0.2) is 17.6 Å². The maximum Gasteiger partial charge on any atom is 0.336 e. The minimum Gasteiger partial charge on any atom is -0.478 e. The lowest BCUT2D eigenvalue weighted by atomic mass is 10.2. The smallest absolute Gasteiger partial charge is 0.336 e. The van der Waals surface area contributed by atoms with Gasteiger partial charge in [0.1, 0.15) is 0 Å². The molecule has 12 heavy (non-hydrogen) atoms. The maximum atomic E-state index is 10.5. The Morgan fingerprint density at radius 2 is 2.50 bits per heavy atom. The fraction of sp³-hybridized carbons (Fsp3) is 0. The molecule has 2 aromatic rings. The molecular weight excluding hydrogens is 174 g/mol. The monoisotopic (exact) mass is 178 g/mol. The zero-order valence-corrected chi connectivity index (χ0v) is 6.76. The van der Waals surface area contributed by atoms with Crippen molar-refractivity contribution in [3.05, 3.63) is 29.3 Å². The number of aromatic carboxylic acids is 1. The van der Waals surface area contributed by atoms with Gasteiger partial charge >= 0.3 is 5.97 Å². The summed E-state index contributed by atoms with van der Waals surface area (Å²) >= 11 is 1.42. The molecule has 2 rings (SSSR count). The van der Waals surface area contributed by atoms with Crippen LogP contribution >= 0.6 is 11.3 Å². The van der Waals surface area contributed by atoms with E-state index in [0.29, 0.717) is 0 Å². The number of nitrogens with zero attached hydrogens (tertiary/aromatic N) is 1. The molecule has 0 fully saturated rings. The highest BCUT2D eigenvalue weighted by molar-refractivity contribution is 7.16. The van der Waals surface area contributed by atoms with Gasteiger partial charge in [0.05, 0.1) is 21.3 Å². The van der Waals surface area contributed by atoms with Gasteiger partial charge in [-0.1, -0.05) is 0 Å². The van der Waals surface area contributed by atoms with Gasteiger partial charge in [-0.05, 0) is 18.2 Å². The van der Waals surface area contributed by atoms with E-state index in [4.69, 9.17) is 5.11 Å². The van der Waals surface area contributed by atoms with Crippen molar-refractivity contribution in [1.29, 1.82) is 0 Å². The Morgan fingerprint density at radius 1 is 1.67 bits per heavy atom. The molecule has 59 valence electrons. The Labute approximate surface area is 72.3 Å². The first-order chi connectivity index (χ1) is 5.77. The number of hydrogen-bond donors (Lipinski definition) is 1. The van der Waals surface area contributed by atoms with Gasteiger partial charge in [-0.3, -0.25) is 0 Å². The van der Waals surface area contributed by atoms with Crippen LogP contribution in [0.25, 0.3) is 10.2 Å². The Kier molecular flexibility index (Phi) is 1.55. The highest BCUT2D eigenvalue weighted by Gasteiger charge is 2.04. The van der Waals surface area contributed by atoms with E-state index in [0.717, 1.165) is 10.2 Å².